The van der Waals surface area contributed by atoms with Crippen molar-refractivity contribution in [3.05, 3.63) is 63.6 Å². The third-order valence-corrected chi connectivity index (χ3v) is 6.50. The molecule has 0 aromatic heterocycles. The third kappa shape index (κ3) is 5.12. The molecule has 2 radical (unpaired) electrons. The second kappa shape index (κ2) is 7.68. The van der Waals surface area contributed by atoms with Crippen molar-refractivity contribution in [2.45, 2.75) is 114 Å². The highest BCUT2D eigenvalue weighted by Gasteiger charge is 2.34. The molecule has 30 heavy (non-hydrogen) atoms. The van der Waals surface area contributed by atoms with Gasteiger partial charge in [-0.25, -0.2) is 0 Å². The highest BCUT2D eigenvalue weighted by atomic mass is 14.4. The molecule has 0 heterocycles. The fourth-order valence-corrected chi connectivity index (χ4v) is 4.52. The zero-order valence-corrected chi connectivity index (χ0v) is 22.3. The van der Waals surface area contributed by atoms with Gasteiger partial charge in [0, 0.05) is 12.3 Å². The van der Waals surface area contributed by atoms with Crippen LogP contribution in [-0.4, -0.2) is 0 Å². The normalized spacial score (nSPS) is 19.3. The van der Waals surface area contributed by atoms with E-state index in [0.29, 0.717) is 0 Å². The largest absolute Gasteiger partial charge is 0.0611 e. The van der Waals surface area contributed by atoms with Gasteiger partial charge in [0.25, 0.3) is 0 Å². The Morgan fingerprint density at radius 1 is 0.667 bits per heavy atom. The smallest absolute Gasteiger partial charge is 0.0250 e. The maximum atomic E-state index is 3.96. The topological polar surface area (TPSA) is 0 Å². The number of hydrogen-bond acceptors (Lipinski definition) is 0. The first-order valence-corrected chi connectivity index (χ1v) is 11.6. The monoisotopic (exact) mass is 406 g/mol. The van der Waals surface area contributed by atoms with Gasteiger partial charge in [-0.15, -0.1) is 0 Å². The van der Waals surface area contributed by atoms with E-state index < -0.39 is 0 Å². The predicted octanol–water partition coefficient (Wildman–Crippen LogP) is 9.10. The lowest BCUT2D eigenvalue weighted by Crippen LogP contribution is -2.25. The summed E-state index contributed by atoms with van der Waals surface area (Å²) in [6.07, 6.45) is 6.38. The lowest BCUT2D eigenvalue weighted by Gasteiger charge is -2.38. The van der Waals surface area contributed by atoms with E-state index in [4.69, 9.17) is 0 Å². The van der Waals surface area contributed by atoms with Gasteiger partial charge in [0.2, 0.25) is 0 Å². The molecule has 1 unspecified atom stereocenters. The average Bonchev–Trinajstić information content (AvgIpc) is 2.51. The van der Waals surface area contributed by atoms with E-state index >= 15 is 0 Å². The minimum absolute atomic E-state index is 0.0812. The molecular formula is C30H46. The lowest BCUT2D eigenvalue weighted by atomic mass is 9.66. The van der Waals surface area contributed by atoms with E-state index in [9.17, 15) is 0 Å². The van der Waals surface area contributed by atoms with Crippen molar-refractivity contribution < 1.29 is 0 Å². The molecule has 0 nitrogen and oxygen atoms in total. The Balaban J connectivity index is 2.85. The lowest BCUT2D eigenvalue weighted by molar-refractivity contribution is 0.473. The Labute approximate surface area is 188 Å². The fraction of sp³-hybridized carbons (Fsp3) is 0.633. The third-order valence-electron chi connectivity index (χ3n) is 6.50. The summed E-state index contributed by atoms with van der Waals surface area (Å²) < 4.78 is 0. The Morgan fingerprint density at radius 2 is 1.20 bits per heavy atom. The quantitative estimate of drug-likeness (QED) is 0.436. The average molecular weight is 407 g/mol. The van der Waals surface area contributed by atoms with E-state index in [-0.39, 0.29) is 27.6 Å². The van der Waals surface area contributed by atoms with Crippen LogP contribution in [0.1, 0.15) is 118 Å². The van der Waals surface area contributed by atoms with Crippen LogP contribution in [0.2, 0.25) is 0 Å². The van der Waals surface area contributed by atoms with Gasteiger partial charge in [-0.3, -0.25) is 0 Å². The summed E-state index contributed by atoms with van der Waals surface area (Å²) in [5, 5.41) is 0. The molecule has 166 valence electrons. The maximum Gasteiger partial charge on any atom is 0.0250 e. The van der Waals surface area contributed by atoms with Gasteiger partial charge in [0.15, 0.2) is 0 Å². The number of allylic oxidation sites excluding steroid dienone is 4. The van der Waals surface area contributed by atoms with Crippen LogP contribution in [0.3, 0.4) is 0 Å². The highest BCUT2D eigenvalue weighted by Crippen LogP contribution is 2.48. The van der Waals surface area contributed by atoms with Crippen molar-refractivity contribution in [1.29, 1.82) is 0 Å². The first kappa shape index (κ1) is 25.0. The number of benzene rings is 1. The van der Waals surface area contributed by atoms with Crippen LogP contribution in [0, 0.1) is 24.2 Å². The minimum atomic E-state index is 0.0812. The van der Waals surface area contributed by atoms with Crippen LogP contribution in [0.5, 0.6) is 0 Å². The number of hydrogen-bond donors (Lipinski definition) is 0. The molecule has 0 saturated heterocycles. The Morgan fingerprint density at radius 3 is 1.60 bits per heavy atom. The molecule has 1 atom stereocenters. The van der Waals surface area contributed by atoms with Gasteiger partial charge in [-0.1, -0.05) is 112 Å². The molecular weight excluding hydrogens is 360 g/mol. The molecule has 0 amide bonds. The van der Waals surface area contributed by atoms with Crippen LogP contribution in [0.4, 0.5) is 0 Å². The SMILES string of the molecule is CC1=C(C(C)(C)C)C=C(C(C)(C)C)[C]C1c1cc(C(C)(C)C)cc(C(C)(C)C)c1C. The summed E-state index contributed by atoms with van der Waals surface area (Å²) in [5.74, 6) is 0.210. The van der Waals surface area contributed by atoms with Crippen molar-refractivity contribution in [1.82, 2.24) is 0 Å². The standard InChI is InChI=1S/C30H46/c1-19-23(15-21(27(3,4)5)17-25(19)29(9,10)11)24-16-22(28(6,7)8)18-26(20(24)2)30(12,13)14/h15,17-18,24H,1-14H3. The Kier molecular flexibility index (Phi) is 6.39. The summed E-state index contributed by atoms with van der Waals surface area (Å²) >= 11 is 0. The molecule has 0 bridgehead atoms. The molecule has 0 N–H and O–H groups in total. The molecule has 0 fully saturated rings. The first-order chi connectivity index (χ1) is 13.2. The van der Waals surface area contributed by atoms with Gasteiger partial charge in [-0.05, 0) is 63.3 Å². The van der Waals surface area contributed by atoms with E-state index in [1.165, 1.54) is 39.0 Å². The zero-order chi connectivity index (χ0) is 23.4. The molecule has 0 heteroatoms. The summed E-state index contributed by atoms with van der Waals surface area (Å²) in [5.41, 5.74) is 10.4. The molecule has 2 rings (SSSR count). The predicted molar refractivity (Wildman–Crippen MR) is 134 cm³/mol. The van der Waals surface area contributed by atoms with Gasteiger partial charge >= 0.3 is 0 Å². The van der Waals surface area contributed by atoms with Crippen LogP contribution >= 0.6 is 0 Å². The van der Waals surface area contributed by atoms with Gasteiger partial charge in [-0.2, -0.15) is 0 Å². The van der Waals surface area contributed by atoms with Crippen LogP contribution < -0.4 is 0 Å². The van der Waals surface area contributed by atoms with Crippen molar-refractivity contribution in [3.63, 3.8) is 0 Å². The summed E-state index contributed by atoms with van der Waals surface area (Å²) in [6.45, 7) is 32.6. The molecule has 1 aromatic carbocycles. The van der Waals surface area contributed by atoms with E-state index in [0.717, 1.165) is 0 Å². The van der Waals surface area contributed by atoms with Crippen molar-refractivity contribution >= 4 is 0 Å². The second-order valence-electron chi connectivity index (χ2n) is 13.5. The highest BCUT2D eigenvalue weighted by molar-refractivity contribution is 5.55. The summed E-state index contributed by atoms with van der Waals surface area (Å²) in [7, 11) is 0. The van der Waals surface area contributed by atoms with Crippen molar-refractivity contribution in [3.8, 4) is 0 Å². The van der Waals surface area contributed by atoms with E-state index in [2.05, 4.69) is 122 Å². The van der Waals surface area contributed by atoms with Crippen LogP contribution in [0.25, 0.3) is 0 Å². The fourth-order valence-electron chi connectivity index (χ4n) is 4.52. The van der Waals surface area contributed by atoms with Gasteiger partial charge < -0.3 is 0 Å². The van der Waals surface area contributed by atoms with Gasteiger partial charge in [0.05, 0.1) is 0 Å². The maximum absolute atomic E-state index is 3.96. The Bertz CT molecular complexity index is 859. The minimum Gasteiger partial charge on any atom is -0.0611 e. The molecule has 0 spiro atoms. The summed E-state index contributed by atoms with van der Waals surface area (Å²) in [6, 6.07) is 4.92. The zero-order valence-electron chi connectivity index (χ0n) is 22.3. The van der Waals surface area contributed by atoms with E-state index in [1.54, 1.807) is 0 Å². The molecule has 0 aliphatic heterocycles. The van der Waals surface area contributed by atoms with Crippen LogP contribution in [-0.2, 0) is 10.8 Å². The molecule has 0 saturated carbocycles. The number of rotatable bonds is 1. The second-order valence-corrected chi connectivity index (χ2v) is 13.5. The van der Waals surface area contributed by atoms with Crippen molar-refractivity contribution in [2.75, 3.05) is 0 Å². The van der Waals surface area contributed by atoms with Gasteiger partial charge in [0.1, 0.15) is 0 Å². The van der Waals surface area contributed by atoms with Crippen LogP contribution in [0.15, 0.2) is 34.9 Å². The van der Waals surface area contributed by atoms with Crippen molar-refractivity contribution in [2.24, 2.45) is 10.8 Å². The summed E-state index contributed by atoms with van der Waals surface area (Å²) in [4.78, 5) is 0. The molecule has 1 aliphatic carbocycles. The first-order valence-electron chi connectivity index (χ1n) is 11.6. The Hall–Kier alpha value is -1.30. The van der Waals surface area contributed by atoms with E-state index in [1.807, 2.05) is 0 Å². The molecule has 1 aliphatic rings. The molecule has 1 aromatic rings.